The Morgan fingerprint density at radius 3 is 2.31 bits per heavy atom. The third-order valence-electron chi connectivity index (χ3n) is 6.88. The first-order chi connectivity index (χ1) is 17.6. The molecule has 6 heteroatoms. The Morgan fingerprint density at radius 2 is 1.61 bits per heavy atom. The van der Waals surface area contributed by atoms with Crippen LogP contribution in [0.25, 0.3) is 0 Å². The first kappa shape index (κ1) is 24.2. The summed E-state index contributed by atoms with van der Waals surface area (Å²) in [7, 11) is 0. The molecule has 5 rings (SSSR count). The average Bonchev–Trinajstić information content (AvgIpc) is 3.39. The van der Waals surface area contributed by atoms with Crippen LogP contribution in [0.4, 0.5) is 5.13 Å². The molecular formula is C30H32N4OS. The zero-order valence-electron chi connectivity index (χ0n) is 20.6. The highest BCUT2D eigenvalue weighted by Gasteiger charge is 2.28. The molecule has 1 aliphatic rings. The number of nitrogens with one attached hydrogen (secondary N) is 1. The van der Waals surface area contributed by atoms with Crippen molar-refractivity contribution in [2.45, 2.75) is 38.6 Å². The van der Waals surface area contributed by atoms with Crippen LogP contribution in [0.1, 0.15) is 47.0 Å². The standard InChI is InChI=1S/C30H32N4OS/c1-22-12-14-24(15-13-22)21-28-32-30(36-33-28)34-18-16-26(17-19-34)29(35)31-27(25-10-6-3-7-11-25)20-23-8-4-2-5-9-23/h2-15,26-27H,16-21H2,1H3,(H,31,35). The van der Waals surface area contributed by atoms with Gasteiger partial charge in [0.05, 0.1) is 6.04 Å². The molecule has 0 aliphatic carbocycles. The minimum atomic E-state index is -0.0355. The monoisotopic (exact) mass is 496 g/mol. The van der Waals surface area contributed by atoms with Gasteiger partial charge in [-0.3, -0.25) is 4.79 Å². The Labute approximate surface area is 217 Å². The minimum absolute atomic E-state index is 0.0168. The van der Waals surface area contributed by atoms with Crippen molar-refractivity contribution in [1.29, 1.82) is 0 Å². The Bertz CT molecular complexity index is 1250. The summed E-state index contributed by atoms with van der Waals surface area (Å²) >= 11 is 1.46. The lowest BCUT2D eigenvalue weighted by atomic mass is 9.94. The van der Waals surface area contributed by atoms with Crippen molar-refractivity contribution >= 4 is 22.6 Å². The maximum Gasteiger partial charge on any atom is 0.223 e. The number of nitrogens with zero attached hydrogens (tertiary/aromatic N) is 3. The second kappa shape index (κ2) is 11.5. The summed E-state index contributed by atoms with van der Waals surface area (Å²) in [5.41, 5.74) is 4.85. The van der Waals surface area contributed by atoms with E-state index in [2.05, 4.69) is 82.2 Å². The number of piperidine rings is 1. The van der Waals surface area contributed by atoms with Crippen LogP contribution >= 0.6 is 11.5 Å². The molecule has 2 heterocycles. The van der Waals surface area contributed by atoms with E-state index < -0.39 is 0 Å². The van der Waals surface area contributed by atoms with Gasteiger partial charge in [-0.2, -0.15) is 4.37 Å². The highest BCUT2D eigenvalue weighted by molar-refractivity contribution is 7.09. The van der Waals surface area contributed by atoms with Crippen molar-refractivity contribution in [3.05, 3.63) is 113 Å². The van der Waals surface area contributed by atoms with Crippen LogP contribution in [-0.2, 0) is 17.6 Å². The fourth-order valence-corrected chi connectivity index (χ4v) is 5.48. The molecule has 0 bridgehead atoms. The van der Waals surface area contributed by atoms with Gasteiger partial charge < -0.3 is 10.2 Å². The quantitative estimate of drug-likeness (QED) is 0.337. The molecule has 1 N–H and O–H groups in total. The topological polar surface area (TPSA) is 58.1 Å². The number of benzene rings is 3. The summed E-state index contributed by atoms with van der Waals surface area (Å²) in [6.07, 6.45) is 3.18. The number of hydrogen-bond acceptors (Lipinski definition) is 5. The van der Waals surface area contributed by atoms with Gasteiger partial charge in [0, 0.05) is 37.0 Å². The fraction of sp³-hybridized carbons (Fsp3) is 0.300. The highest BCUT2D eigenvalue weighted by atomic mass is 32.1. The van der Waals surface area contributed by atoms with Crippen molar-refractivity contribution in [3.8, 4) is 0 Å². The predicted molar refractivity (Wildman–Crippen MR) is 146 cm³/mol. The number of carbonyl (C=O) groups is 1. The molecule has 184 valence electrons. The lowest BCUT2D eigenvalue weighted by Gasteiger charge is -2.32. The molecule has 0 saturated carbocycles. The predicted octanol–water partition coefficient (Wildman–Crippen LogP) is 5.75. The van der Waals surface area contributed by atoms with Crippen LogP contribution < -0.4 is 10.2 Å². The van der Waals surface area contributed by atoms with Crippen molar-refractivity contribution in [3.63, 3.8) is 0 Å². The second-order valence-corrected chi connectivity index (χ2v) is 10.3. The van der Waals surface area contributed by atoms with Gasteiger partial charge in [0.1, 0.15) is 5.82 Å². The summed E-state index contributed by atoms with van der Waals surface area (Å²) < 4.78 is 4.59. The van der Waals surface area contributed by atoms with Gasteiger partial charge in [-0.05, 0) is 42.9 Å². The lowest BCUT2D eigenvalue weighted by molar-refractivity contribution is -0.126. The maximum atomic E-state index is 13.3. The van der Waals surface area contributed by atoms with Gasteiger partial charge in [0.25, 0.3) is 0 Å². The molecule has 1 aromatic heterocycles. The van der Waals surface area contributed by atoms with Crippen LogP contribution in [0.3, 0.4) is 0 Å². The van der Waals surface area contributed by atoms with E-state index in [1.54, 1.807) is 0 Å². The normalized spacial score (nSPS) is 15.0. The van der Waals surface area contributed by atoms with E-state index in [-0.39, 0.29) is 17.9 Å². The lowest BCUT2D eigenvalue weighted by Crippen LogP contribution is -2.42. The molecule has 5 nitrogen and oxygen atoms in total. The Kier molecular flexibility index (Phi) is 7.72. The number of aromatic nitrogens is 2. The summed E-state index contributed by atoms with van der Waals surface area (Å²) in [5, 5.41) is 4.32. The molecule has 0 spiro atoms. The zero-order valence-corrected chi connectivity index (χ0v) is 21.5. The van der Waals surface area contributed by atoms with E-state index in [0.717, 1.165) is 55.3 Å². The number of hydrogen-bond donors (Lipinski definition) is 1. The molecule has 1 unspecified atom stereocenters. The average molecular weight is 497 g/mol. The molecule has 1 atom stereocenters. The summed E-state index contributed by atoms with van der Waals surface area (Å²) in [4.78, 5) is 20.4. The van der Waals surface area contributed by atoms with Gasteiger partial charge >= 0.3 is 0 Å². The molecule has 3 aromatic carbocycles. The molecule has 1 amide bonds. The largest absolute Gasteiger partial charge is 0.349 e. The number of amides is 1. The Balaban J connectivity index is 1.18. The van der Waals surface area contributed by atoms with Crippen LogP contribution in [-0.4, -0.2) is 28.4 Å². The fourth-order valence-electron chi connectivity index (χ4n) is 4.74. The van der Waals surface area contributed by atoms with Crippen molar-refractivity contribution in [2.24, 2.45) is 5.92 Å². The van der Waals surface area contributed by atoms with E-state index in [1.807, 2.05) is 24.3 Å². The number of carbonyl (C=O) groups excluding carboxylic acids is 1. The van der Waals surface area contributed by atoms with Crippen LogP contribution in [0, 0.1) is 12.8 Å². The van der Waals surface area contributed by atoms with E-state index in [4.69, 9.17) is 4.98 Å². The maximum absolute atomic E-state index is 13.3. The molecule has 1 aliphatic heterocycles. The molecule has 0 radical (unpaired) electrons. The molecule has 4 aromatic rings. The van der Waals surface area contributed by atoms with E-state index >= 15 is 0 Å². The number of rotatable bonds is 8. The van der Waals surface area contributed by atoms with E-state index in [0.29, 0.717) is 0 Å². The molecular weight excluding hydrogens is 464 g/mol. The minimum Gasteiger partial charge on any atom is -0.349 e. The van der Waals surface area contributed by atoms with Gasteiger partial charge in [0.2, 0.25) is 11.0 Å². The third kappa shape index (κ3) is 6.18. The summed E-state index contributed by atoms with van der Waals surface area (Å²) in [5.74, 6) is 1.03. The van der Waals surface area contributed by atoms with Crippen molar-refractivity contribution in [2.75, 3.05) is 18.0 Å². The van der Waals surface area contributed by atoms with Crippen molar-refractivity contribution < 1.29 is 4.79 Å². The summed E-state index contributed by atoms with van der Waals surface area (Å²) in [6.45, 7) is 3.75. The van der Waals surface area contributed by atoms with Gasteiger partial charge in [0.15, 0.2) is 0 Å². The molecule has 1 fully saturated rings. The van der Waals surface area contributed by atoms with Gasteiger partial charge in [-0.1, -0.05) is 90.5 Å². The van der Waals surface area contributed by atoms with Gasteiger partial charge in [-0.25, -0.2) is 4.98 Å². The first-order valence-corrected chi connectivity index (χ1v) is 13.4. The van der Waals surface area contributed by atoms with Crippen LogP contribution in [0.15, 0.2) is 84.9 Å². The van der Waals surface area contributed by atoms with E-state index in [9.17, 15) is 4.79 Å². The smallest absolute Gasteiger partial charge is 0.223 e. The highest BCUT2D eigenvalue weighted by Crippen LogP contribution is 2.27. The Hall–Kier alpha value is -3.51. The molecule has 36 heavy (non-hydrogen) atoms. The first-order valence-electron chi connectivity index (χ1n) is 12.7. The zero-order chi connectivity index (χ0) is 24.7. The SMILES string of the molecule is Cc1ccc(Cc2nsc(N3CCC(C(=O)NC(Cc4ccccc4)c4ccccc4)CC3)n2)cc1. The van der Waals surface area contributed by atoms with Gasteiger partial charge in [-0.15, -0.1) is 0 Å². The van der Waals surface area contributed by atoms with Crippen molar-refractivity contribution in [1.82, 2.24) is 14.7 Å². The number of aryl methyl sites for hydroxylation is 1. The third-order valence-corrected chi connectivity index (χ3v) is 7.69. The second-order valence-electron chi connectivity index (χ2n) is 9.58. The van der Waals surface area contributed by atoms with E-state index in [1.165, 1.54) is 28.2 Å². The van der Waals surface area contributed by atoms with Crippen LogP contribution in [0.2, 0.25) is 0 Å². The Morgan fingerprint density at radius 1 is 0.944 bits per heavy atom. The van der Waals surface area contributed by atoms with Crippen LogP contribution in [0.5, 0.6) is 0 Å². The molecule has 1 saturated heterocycles. The number of anilines is 1. The summed E-state index contributed by atoms with van der Waals surface area (Å²) in [6, 6.07) is 29.1.